The molecule has 1 N–H and O–H groups in total. The predicted molar refractivity (Wildman–Crippen MR) is 91.7 cm³/mol. The number of amides is 1. The molecular weight excluding hydrogens is 322 g/mol. The smallest absolute Gasteiger partial charge is 0.271 e. The number of non-ortho nitro benzene ring substituents is 1. The first-order valence-electron chi connectivity index (χ1n) is 7.30. The summed E-state index contributed by atoms with van der Waals surface area (Å²) >= 11 is 0. The van der Waals surface area contributed by atoms with E-state index in [0.29, 0.717) is 5.56 Å². The van der Waals surface area contributed by atoms with E-state index >= 15 is 0 Å². The van der Waals surface area contributed by atoms with Crippen molar-refractivity contribution in [3.63, 3.8) is 0 Å². The first kappa shape index (κ1) is 16.1. The first-order chi connectivity index (χ1) is 12.1. The lowest BCUT2D eigenvalue weighted by Gasteiger charge is -2.02. The van der Waals surface area contributed by atoms with Crippen molar-refractivity contribution in [2.24, 2.45) is 5.10 Å². The van der Waals surface area contributed by atoms with Crippen LogP contribution in [-0.4, -0.2) is 26.6 Å². The number of carbonyl (C=O) groups is 1. The van der Waals surface area contributed by atoms with E-state index in [1.165, 1.54) is 30.5 Å². The Balaban J connectivity index is 1.60. The molecule has 124 valence electrons. The average molecular weight is 335 g/mol. The Bertz CT molecular complexity index is 900. The molecule has 0 fully saturated rings. The van der Waals surface area contributed by atoms with Crippen molar-refractivity contribution >= 4 is 17.8 Å². The number of carbonyl (C=O) groups excluding carboxylic acids is 1. The number of nitro groups is 1. The van der Waals surface area contributed by atoms with Crippen LogP contribution in [0.5, 0.6) is 0 Å². The molecule has 0 saturated heterocycles. The Labute approximate surface area is 142 Å². The molecule has 0 aliphatic heterocycles. The number of benzene rings is 2. The Kier molecular flexibility index (Phi) is 4.61. The number of hydrogen-bond acceptors (Lipinski definition) is 5. The Morgan fingerprint density at radius 2 is 1.88 bits per heavy atom. The van der Waals surface area contributed by atoms with Crippen molar-refractivity contribution < 1.29 is 9.72 Å². The van der Waals surface area contributed by atoms with Crippen LogP contribution in [0, 0.1) is 10.1 Å². The summed E-state index contributed by atoms with van der Waals surface area (Å²) in [4.78, 5) is 26.0. The second-order valence-electron chi connectivity index (χ2n) is 5.06. The summed E-state index contributed by atoms with van der Waals surface area (Å²) in [7, 11) is 0. The topological polar surface area (TPSA) is 102 Å². The molecule has 8 heteroatoms. The SMILES string of the molecule is O=C(N/N=C/c1ccc(-n2ccnc2)cc1)c1ccc([N+](=O)[O-])cc1. The molecule has 0 atom stereocenters. The van der Waals surface area contributed by atoms with Gasteiger partial charge in [0.1, 0.15) is 0 Å². The van der Waals surface area contributed by atoms with Crippen LogP contribution in [0.4, 0.5) is 5.69 Å². The number of hydrazone groups is 1. The normalized spacial score (nSPS) is 10.7. The summed E-state index contributed by atoms with van der Waals surface area (Å²) in [5, 5.41) is 14.5. The van der Waals surface area contributed by atoms with E-state index in [1.54, 1.807) is 12.5 Å². The lowest BCUT2D eigenvalue weighted by Crippen LogP contribution is -2.17. The van der Waals surface area contributed by atoms with E-state index in [4.69, 9.17) is 0 Å². The average Bonchev–Trinajstić information content (AvgIpc) is 3.17. The van der Waals surface area contributed by atoms with Gasteiger partial charge in [0, 0.05) is 35.8 Å². The number of nitrogens with zero attached hydrogens (tertiary/aromatic N) is 4. The number of nitrogens with one attached hydrogen (secondary N) is 1. The van der Waals surface area contributed by atoms with Gasteiger partial charge in [0.2, 0.25) is 0 Å². The van der Waals surface area contributed by atoms with Gasteiger partial charge in [-0.1, -0.05) is 12.1 Å². The highest BCUT2D eigenvalue weighted by Crippen LogP contribution is 2.12. The van der Waals surface area contributed by atoms with Crippen LogP contribution in [0.15, 0.2) is 72.4 Å². The third-order valence-corrected chi connectivity index (χ3v) is 3.42. The monoisotopic (exact) mass is 335 g/mol. The fraction of sp³-hybridized carbons (Fsp3) is 0. The molecule has 0 unspecified atom stereocenters. The highest BCUT2D eigenvalue weighted by Gasteiger charge is 2.08. The molecule has 0 aliphatic rings. The Morgan fingerprint density at radius 3 is 2.48 bits per heavy atom. The van der Waals surface area contributed by atoms with Gasteiger partial charge < -0.3 is 4.57 Å². The maximum Gasteiger partial charge on any atom is 0.271 e. The van der Waals surface area contributed by atoms with E-state index in [-0.39, 0.29) is 5.69 Å². The summed E-state index contributed by atoms with van der Waals surface area (Å²) in [6.07, 6.45) is 6.76. The molecule has 1 heterocycles. The van der Waals surface area contributed by atoms with E-state index < -0.39 is 10.8 Å². The van der Waals surface area contributed by atoms with Gasteiger partial charge in [-0.2, -0.15) is 5.10 Å². The maximum atomic E-state index is 11.9. The summed E-state index contributed by atoms with van der Waals surface area (Å²) in [5.74, 6) is -0.443. The van der Waals surface area contributed by atoms with Crippen molar-refractivity contribution in [2.75, 3.05) is 0 Å². The molecule has 0 aliphatic carbocycles. The molecule has 0 bridgehead atoms. The van der Waals surface area contributed by atoms with Crippen LogP contribution >= 0.6 is 0 Å². The molecule has 1 amide bonds. The lowest BCUT2D eigenvalue weighted by atomic mass is 10.2. The van der Waals surface area contributed by atoms with Crippen LogP contribution in [-0.2, 0) is 0 Å². The largest absolute Gasteiger partial charge is 0.306 e. The van der Waals surface area contributed by atoms with Crippen molar-refractivity contribution in [1.29, 1.82) is 0 Å². The number of hydrogen-bond donors (Lipinski definition) is 1. The van der Waals surface area contributed by atoms with Crippen molar-refractivity contribution in [2.45, 2.75) is 0 Å². The van der Waals surface area contributed by atoms with Crippen LogP contribution in [0.25, 0.3) is 5.69 Å². The fourth-order valence-corrected chi connectivity index (χ4v) is 2.11. The molecule has 0 spiro atoms. The summed E-state index contributed by atoms with van der Waals surface area (Å²) in [6.45, 7) is 0. The lowest BCUT2D eigenvalue weighted by molar-refractivity contribution is -0.384. The van der Waals surface area contributed by atoms with Crippen LogP contribution in [0.1, 0.15) is 15.9 Å². The second-order valence-corrected chi connectivity index (χ2v) is 5.06. The van der Waals surface area contributed by atoms with Gasteiger partial charge in [0.05, 0.1) is 17.5 Å². The van der Waals surface area contributed by atoms with Crippen molar-refractivity contribution in [1.82, 2.24) is 15.0 Å². The molecule has 3 aromatic rings. The van der Waals surface area contributed by atoms with Gasteiger partial charge in [-0.05, 0) is 29.8 Å². The Hall–Kier alpha value is -3.81. The minimum absolute atomic E-state index is 0.0713. The van der Waals surface area contributed by atoms with Crippen LogP contribution in [0.3, 0.4) is 0 Å². The predicted octanol–water partition coefficient (Wildman–Crippen LogP) is 2.54. The van der Waals surface area contributed by atoms with Gasteiger partial charge in [0.15, 0.2) is 0 Å². The second kappa shape index (κ2) is 7.18. The standard InChI is InChI=1S/C17H13N5O3/c23-17(14-3-7-16(8-4-14)22(24)25)20-19-11-13-1-5-15(6-2-13)21-10-9-18-12-21/h1-12H,(H,20,23)/b19-11+. The number of imidazole rings is 1. The number of rotatable bonds is 5. The number of nitro benzene ring substituents is 1. The molecule has 25 heavy (non-hydrogen) atoms. The summed E-state index contributed by atoms with van der Waals surface area (Å²) < 4.78 is 1.87. The minimum Gasteiger partial charge on any atom is -0.306 e. The first-order valence-corrected chi connectivity index (χ1v) is 7.30. The van der Waals surface area contributed by atoms with Crippen LogP contribution in [0.2, 0.25) is 0 Å². The minimum atomic E-state index is -0.521. The van der Waals surface area contributed by atoms with E-state index in [1.807, 2.05) is 35.0 Å². The third kappa shape index (κ3) is 3.94. The molecule has 2 aromatic carbocycles. The van der Waals surface area contributed by atoms with Crippen LogP contribution < -0.4 is 5.43 Å². The molecule has 0 saturated carbocycles. The van der Waals surface area contributed by atoms with Gasteiger partial charge in [-0.3, -0.25) is 14.9 Å². The van der Waals surface area contributed by atoms with Gasteiger partial charge in [0.25, 0.3) is 11.6 Å². The zero-order valence-corrected chi connectivity index (χ0v) is 12.9. The molecule has 3 rings (SSSR count). The van der Waals surface area contributed by atoms with Gasteiger partial charge >= 0.3 is 0 Å². The Morgan fingerprint density at radius 1 is 1.16 bits per heavy atom. The number of aromatic nitrogens is 2. The summed E-state index contributed by atoms with van der Waals surface area (Å²) in [5.41, 5.74) is 4.38. The van der Waals surface area contributed by atoms with E-state index in [0.717, 1.165) is 11.3 Å². The molecular formula is C17H13N5O3. The van der Waals surface area contributed by atoms with E-state index in [2.05, 4.69) is 15.5 Å². The highest BCUT2D eigenvalue weighted by atomic mass is 16.6. The third-order valence-electron chi connectivity index (χ3n) is 3.42. The highest BCUT2D eigenvalue weighted by molar-refractivity contribution is 5.95. The summed E-state index contributed by atoms with van der Waals surface area (Å²) in [6, 6.07) is 12.8. The van der Waals surface area contributed by atoms with E-state index in [9.17, 15) is 14.9 Å². The zero-order chi connectivity index (χ0) is 17.6. The molecule has 1 aromatic heterocycles. The van der Waals surface area contributed by atoms with Gasteiger partial charge in [-0.25, -0.2) is 10.4 Å². The quantitative estimate of drug-likeness (QED) is 0.439. The van der Waals surface area contributed by atoms with Crippen molar-refractivity contribution in [3.05, 3.63) is 88.5 Å². The molecule has 0 radical (unpaired) electrons. The maximum absolute atomic E-state index is 11.9. The zero-order valence-electron chi connectivity index (χ0n) is 12.9. The van der Waals surface area contributed by atoms with Crippen molar-refractivity contribution in [3.8, 4) is 5.69 Å². The van der Waals surface area contributed by atoms with Gasteiger partial charge in [-0.15, -0.1) is 0 Å². The molecule has 8 nitrogen and oxygen atoms in total. The fourth-order valence-electron chi connectivity index (χ4n) is 2.11.